The molecule has 0 atom stereocenters. The lowest BCUT2D eigenvalue weighted by molar-refractivity contribution is -0.141. The number of imide groups is 1. The molecule has 16 heteroatoms. The molecule has 0 bridgehead atoms. The van der Waals surface area contributed by atoms with E-state index in [0.717, 1.165) is 96.7 Å². The van der Waals surface area contributed by atoms with Gasteiger partial charge in [-0.25, -0.2) is 19.7 Å². The van der Waals surface area contributed by atoms with Crippen LogP contribution in [0.25, 0.3) is 15.9 Å². The number of likely N-dealkylation sites (tertiary alicyclic amines) is 1. The van der Waals surface area contributed by atoms with Crippen LogP contribution in [-0.4, -0.2) is 75.4 Å². The number of carbonyl (C=O) groups is 3. The maximum absolute atomic E-state index is 13.2. The van der Waals surface area contributed by atoms with Crippen LogP contribution in [0.3, 0.4) is 0 Å². The topological polar surface area (TPSA) is 134 Å². The molecule has 0 radical (unpaired) electrons. The van der Waals surface area contributed by atoms with E-state index < -0.39 is 23.8 Å². The second-order valence-electron chi connectivity index (χ2n) is 14.7. The number of pyridine rings is 2. The van der Waals surface area contributed by atoms with Gasteiger partial charge in [0.15, 0.2) is 0 Å². The van der Waals surface area contributed by atoms with Gasteiger partial charge in [-0.3, -0.25) is 24.2 Å². The van der Waals surface area contributed by atoms with Crippen molar-refractivity contribution in [1.29, 1.82) is 0 Å². The lowest BCUT2D eigenvalue weighted by Gasteiger charge is -2.37. The molecule has 2 aliphatic heterocycles. The van der Waals surface area contributed by atoms with Crippen LogP contribution < -0.4 is 20.3 Å². The van der Waals surface area contributed by atoms with Crippen LogP contribution in [0, 0.1) is 12.8 Å². The highest BCUT2D eigenvalue weighted by molar-refractivity contribution is 7.18. The third kappa shape index (κ3) is 7.49. The number of urea groups is 1. The number of imidazole rings is 1. The summed E-state index contributed by atoms with van der Waals surface area (Å²) < 4.78 is 47.8. The van der Waals surface area contributed by atoms with E-state index in [9.17, 15) is 27.6 Å². The van der Waals surface area contributed by atoms with Crippen LogP contribution in [-0.2, 0) is 11.0 Å². The molecular weight excluding hydrogens is 734 g/mol. The number of ether oxygens (including phenoxy) is 1. The number of thiazole rings is 1. The molecule has 8 rings (SSSR count). The maximum Gasteiger partial charge on any atom is 0.433 e. The van der Waals surface area contributed by atoms with E-state index in [-0.39, 0.29) is 18.0 Å². The highest BCUT2D eigenvalue weighted by Gasteiger charge is 2.34. The molecule has 2 N–H and O–H groups in total. The van der Waals surface area contributed by atoms with Crippen LogP contribution in [0.4, 0.5) is 29.5 Å². The summed E-state index contributed by atoms with van der Waals surface area (Å²) in [5.41, 5.74) is 2.89. The summed E-state index contributed by atoms with van der Waals surface area (Å²) in [5, 5.41) is 6.11. The molecule has 3 aliphatic rings. The van der Waals surface area contributed by atoms with Crippen molar-refractivity contribution >= 4 is 56.6 Å². The number of nitrogens with zero attached hydrogens (tertiary/aromatic N) is 6. The van der Waals surface area contributed by atoms with Crippen molar-refractivity contribution in [2.45, 2.75) is 69.9 Å². The minimum Gasteiger partial charge on any atom is -0.494 e. The summed E-state index contributed by atoms with van der Waals surface area (Å²) in [4.78, 5) is 54.3. The Balaban J connectivity index is 0.853. The number of carbonyl (C=O) groups excluding carboxylic acids is 3. The minimum absolute atomic E-state index is 0.260. The predicted molar refractivity (Wildman–Crippen MR) is 202 cm³/mol. The van der Waals surface area contributed by atoms with Crippen molar-refractivity contribution in [3.63, 3.8) is 0 Å². The van der Waals surface area contributed by atoms with Crippen LogP contribution in [0.15, 0.2) is 48.8 Å². The normalized spacial score (nSPS) is 20.3. The summed E-state index contributed by atoms with van der Waals surface area (Å²) in [6.45, 7) is 5.60. The molecule has 2 saturated heterocycles. The number of anilines is 2. The lowest BCUT2D eigenvalue weighted by Crippen LogP contribution is -2.50. The molecule has 3 fully saturated rings. The van der Waals surface area contributed by atoms with Gasteiger partial charge in [-0.15, -0.1) is 11.3 Å². The molecule has 4 aromatic heterocycles. The molecule has 1 aliphatic carbocycles. The van der Waals surface area contributed by atoms with Gasteiger partial charge in [-0.05, 0) is 106 Å². The average molecular weight is 775 g/mol. The maximum atomic E-state index is 13.2. The molecule has 5 aromatic rings. The second-order valence-corrected chi connectivity index (χ2v) is 15.7. The molecule has 0 spiro atoms. The first-order chi connectivity index (χ1) is 26.4. The van der Waals surface area contributed by atoms with Crippen LogP contribution in [0.5, 0.6) is 5.75 Å². The molecule has 1 saturated carbocycles. The number of alkyl halides is 3. The van der Waals surface area contributed by atoms with E-state index in [1.165, 1.54) is 18.7 Å². The van der Waals surface area contributed by atoms with Gasteiger partial charge in [0.1, 0.15) is 28.6 Å². The van der Waals surface area contributed by atoms with Crippen LogP contribution in [0.1, 0.15) is 89.1 Å². The van der Waals surface area contributed by atoms with Crippen molar-refractivity contribution in [3.05, 3.63) is 76.3 Å². The lowest BCUT2D eigenvalue weighted by atomic mass is 9.81. The Morgan fingerprint density at radius 2 is 1.80 bits per heavy atom. The smallest absolute Gasteiger partial charge is 0.433 e. The number of halogens is 3. The zero-order valence-electron chi connectivity index (χ0n) is 30.5. The molecule has 12 nitrogen and oxygen atoms in total. The van der Waals surface area contributed by atoms with E-state index in [1.54, 1.807) is 34.6 Å². The third-order valence-corrected chi connectivity index (χ3v) is 12.4. The van der Waals surface area contributed by atoms with Gasteiger partial charge in [-0.2, -0.15) is 13.2 Å². The standard InChI is InChI=1S/C39H41F3N8O4S/c1-22-26(12-16-49-34(20-43-35(22)49)50-17-13-33(51)47-38(50)53)24-10-14-48(15-11-24)21-23-6-8-25(9-7-23)37-46-29-18-30(54-2)28(19-31(29)55-37)45-36(52)27-4-3-5-32(44-27)39(40,41)42/h3-5,12,16,18-20,23-25H,6-11,13-15,17,21H2,1-2H3,(H,45,52)(H,47,51,53). The Kier molecular flexibility index (Phi) is 9.96. The number of hydrogen-bond donors (Lipinski definition) is 2. The zero-order chi connectivity index (χ0) is 38.4. The van der Waals surface area contributed by atoms with Gasteiger partial charge in [0.25, 0.3) is 5.91 Å². The number of methoxy groups -OCH3 is 1. The van der Waals surface area contributed by atoms with Gasteiger partial charge in [0, 0.05) is 37.7 Å². The van der Waals surface area contributed by atoms with Crippen LogP contribution in [0.2, 0.25) is 0 Å². The number of rotatable bonds is 8. The molecule has 288 valence electrons. The fraction of sp³-hybridized carbons (Fsp3) is 0.436. The van der Waals surface area contributed by atoms with E-state index in [0.29, 0.717) is 41.6 Å². The monoisotopic (exact) mass is 774 g/mol. The van der Waals surface area contributed by atoms with Gasteiger partial charge >= 0.3 is 12.2 Å². The van der Waals surface area contributed by atoms with Gasteiger partial charge in [-0.1, -0.05) is 6.07 Å². The first-order valence-electron chi connectivity index (χ1n) is 18.6. The number of hydrogen-bond acceptors (Lipinski definition) is 9. The number of fused-ring (bicyclic) bond motifs is 2. The summed E-state index contributed by atoms with van der Waals surface area (Å²) in [6, 6.07) is 8.49. The van der Waals surface area contributed by atoms with Gasteiger partial charge in [0.05, 0.1) is 34.2 Å². The molecule has 0 unspecified atom stereocenters. The number of piperidine rings is 1. The quantitative estimate of drug-likeness (QED) is 0.165. The van der Waals surface area contributed by atoms with E-state index in [2.05, 4.69) is 38.5 Å². The number of nitrogens with one attached hydrogen (secondary N) is 2. The Bertz CT molecular complexity index is 2270. The van der Waals surface area contributed by atoms with Crippen molar-refractivity contribution in [1.82, 2.24) is 29.6 Å². The first-order valence-corrected chi connectivity index (χ1v) is 19.4. The van der Waals surface area contributed by atoms with Crippen molar-refractivity contribution in [2.75, 3.05) is 43.5 Å². The van der Waals surface area contributed by atoms with Crippen molar-refractivity contribution in [2.24, 2.45) is 5.92 Å². The number of amides is 4. The second kappa shape index (κ2) is 14.9. The van der Waals surface area contributed by atoms with Gasteiger partial charge in [0.2, 0.25) is 5.91 Å². The molecule has 4 amide bonds. The molecule has 1 aromatic carbocycles. The van der Waals surface area contributed by atoms with Gasteiger partial charge < -0.3 is 15.0 Å². The number of aryl methyl sites for hydroxylation is 1. The Morgan fingerprint density at radius 3 is 2.53 bits per heavy atom. The van der Waals surface area contributed by atoms with E-state index in [4.69, 9.17) is 9.72 Å². The number of benzene rings is 1. The highest BCUT2D eigenvalue weighted by Crippen LogP contribution is 2.42. The Hall–Kier alpha value is -5.09. The van der Waals surface area contributed by atoms with Crippen LogP contribution >= 0.6 is 11.3 Å². The van der Waals surface area contributed by atoms with E-state index in [1.807, 2.05) is 10.6 Å². The zero-order valence-corrected chi connectivity index (χ0v) is 31.3. The Morgan fingerprint density at radius 1 is 1.02 bits per heavy atom. The summed E-state index contributed by atoms with van der Waals surface area (Å²) in [6.07, 6.45) is 5.79. The van der Waals surface area contributed by atoms with Crippen molar-refractivity contribution in [3.8, 4) is 5.75 Å². The predicted octanol–water partition coefficient (Wildman–Crippen LogP) is 7.53. The number of aromatic nitrogens is 4. The Labute approximate surface area is 319 Å². The average Bonchev–Trinajstić information content (AvgIpc) is 3.80. The SMILES string of the molecule is COc1cc2nc(C3CCC(CN4CCC(c5ccn6c(N7CCC(=O)NC7=O)cnc6c5C)CC4)CC3)sc2cc1NC(=O)c1cccc(C(F)(F)F)n1. The summed E-state index contributed by atoms with van der Waals surface area (Å²) in [7, 11) is 1.47. The summed E-state index contributed by atoms with van der Waals surface area (Å²) >= 11 is 1.58. The third-order valence-electron chi connectivity index (χ3n) is 11.3. The van der Waals surface area contributed by atoms with E-state index >= 15 is 0 Å². The molecular formula is C39H41F3N8O4S. The largest absolute Gasteiger partial charge is 0.494 e. The highest BCUT2D eigenvalue weighted by atomic mass is 32.1. The minimum atomic E-state index is -4.66. The fourth-order valence-electron chi connectivity index (χ4n) is 8.31. The van der Waals surface area contributed by atoms with Crippen molar-refractivity contribution < 1.29 is 32.3 Å². The fourth-order valence-corrected chi connectivity index (χ4v) is 9.47. The first kappa shape index (κ1) is 36.9. The molecule has 55 heavy (non-hydrogen) atoms. The molecule has 6 heterocycles. The summed E-state index contributed by atoms with van der Waals surface area (Å²) in [5.74, 6) is 1.41.